The van der Waals surface area contributed by atoms with Crippen LogP contribution in [-0.2, 0) is 19.6 Å². The lowest BCUT2D eigenvalue weighted by atomic mass is 10.3. The molecule has 1 amide bonds. The highest BCUT2D eigenvalue weighted by Crippen LogP contribution is 2.21. The molecular formula is C14H21ClN2O4S. The van der Waals surface area contributed by atoms with Crippen molar-refractivity contribution in [3.8, 4) is 0 Å². The molecule has 0 atom stereocenters. The molecule has 22 heavy (non-hydrogen) atoms. The van der Waals surface area contributed by atoms with E-state index in [9.17, 15) is 13.2 Å². The van der Waals surface area contributed by atoms with Gasteiger partial charge in [0.15, 0.2) is 0 Å². The number of ether oxygens (including phenoxy) is 1. The molecule has 0 bridgehead atoms. The van der Waals surface area contributed by atoms with Crippen molar-refractivity contribution in [3.05, 3.63) is 29.3 Å². The first kappa shape index (κ1) is 18.7. The molecule has 0 aliphatic heterocycles. The largest absolute Gasteiger partial charge is 0.385 e. The fourth-order valence-corrected chi connectivity index (χ4v) is 2.96. The quantitative estimate of drug-likeness (QED) is 0.688. The van der Waals surface area contributed by atoms with E-state index in [1.54, 1.807) is 31.4 Å². The lowest BCUT2D eigenvalue weighted by Crippen LogP contribution is -2.35. The number of nitrogens with zero attached hydrogens (tertiary/aromatic N) is 1. The summed E-state index contributed by atoms with van der Waals surface area (Å²) in [4.78, 5) is 11.7. The summed E-state index contributed by atoms with van der Waals surface area (Å²) in [7, 11) is -1.89. The third-order valence-electron chi connectivity index (χ3n) is 2.89. The zero-order valence-corrected chi connectivity index (χ0v) is 14.3. The first-order valence-corrected chi connectivity index (χ1v) is 9.06. The molecule has 0 fully saturated rings. The third kappa shape index (κ3) is 6.64. The molecule has 1 aromatic rings. The number of amides is 1. The van der Waals surface area contributed by atoms with E-state index < -0.39 is 10.0 Å². The Bertz CT molecular complexity index is 592. The van der Waals surface area contributed by atoms with E-state index in [0.717, 1.165) is 6.26 Å². The van der Waals surface area contributed by atoms with Gasteiger partial charge in [0.05, 0.1) is 11.9 Å². The highest BCUT2D eigenvalue weighted by atomic mass is 35.5. The minimum absolute atomic E-state index is 0.0648. The van der Waals surface area contributed by atoms with E-state index in [-0.39, 0.29) is 18.9 Å². The van der Waals surface area contributed by atoms with Crippen molar-refractivity contribution in [2.75, 3.05) is 37.4 Å². The lowest BCUT2D eigenvalue weighted by Gasteiger charge is -2.22. The van der Waals surface area contributed by atoms with Crippen molar-refractivity contribution in [2.24, 2.45) is 0 Å². The van der Waals surface area contributed by atoms with Gasteiger partial charge in [0.2, 0.25) is 15.9 Å². The summed E-state index contributed by atoms with van der Waals surface area (Å²) in [5.74, 6) is -0.202. The number of benzene rings is 1. The van der Waals surface area contributed by atoms with E-state index in [1.165, 1.54) is 4.31 Å². The van der Waals surface area contributed by atoms with Crippen molar-refractivity contribution in [1.29, 1.82) is 0 Å². The van der Waals surface area contributed by atoms with E-state index in [2.05, 4.69) is 5.32 Å². The molecular weight excluding hydrogens is 328 g/mol. The van der Waals surface area contributed by atoms with Crippen molar-refractivity contribution in [3.63, 3.8) is 0 Å². The maximum atomic E-state index is 11.9. The summed E-state index contributed by atoms with van der Waals surface area (Å²) in [6.07, 6.45) is 1.89. The Morgan fingerprint density at radius 3 is 2.73 bits per heavy atom. The van der Waals surface area contributed by atoms with Gasteiger partial charge >= 0.3 is 0 Å². The average Bonchev–Trinajstić information content (AvgIpc) is 2.42. The fourth-order valence-electron chi connectivity index (χ4n) is 1.85. The van der Waals surface area contributed by atoms with Gasteiger partial charge < -0.3 is 10.1 Å². The van der Waals surface area contributed by atoms with Gasteiger partial charge in [-0.05, 0) is 24.6 Å². The molecule has 1 N–H and O–H groups in total. The molecule has 1 rings (SSSR count). The van der Waals surface area contributed by atoms with Crippen LogP contribution < -0.4 is 9.62 Å². The number of nitrogens with one attached hydrogen (secondary N) is 1. The zero-order chi connectivity index (χ0) is 16.6. The Kier molecular flexibility index (Phi) is 7.64. The normalized spacial score (nSPS) is 11.2. The number of halogens is 1. The number of hydrogen-bond donors (Lipinski definition) is 1. The van der Waals surface area contributed by atoms with Crippen LogP contribution in [0.5, 0.6) is 0 Å². The van der Waals surface area contributed by atoms with E-state index in [1.807, 2.05) is 0 Å². The molecule has 8 heteroatoms. The second-order valence-electron chi connectivity index (χ2n) is 4.76. The molecule has 0 aromatic heterocycles. The van der Waals surface area contributed by atoms with Gasteiger partial charge in [0, 0.05) is 38.2 Å². The zero-order valence-electron chi connectivity index (χ0n) is 12.7. The summed E-state index contributed by atoms with van der Waals surface area (Å²) < 4.78 is 29.8. The number of carbonyl (C=O) groups excluding carboxylic acids is 1. The van der Waals surface area contributed by atoms with Crippen LogP contribution in [0.3, 0.4) is 0 Å². The Morgan fingerprint density at radius 2 is 2.14 bits per heavy atom. The second kappa shape index (κ2) is 8.97. The van der Waals surface area contributed by atoms with Crippen LogP contribution in [0, 0.1) is 0 Å². The molecule has 0 heterocycles. The van der Waals surface area contributed by atoms with Crippen LogP contribution in [0.1, 0.15) is 12.8 Å². The highest BCUT2D eigenvalue weighted by molar-refractivity contribution is 7.92. The van der Waals surface area contributed by atoms with Crippen LogP contribution in [-0.4, -0.2) is 47.4 Å². The molecule has 0 aliphatic rings. The molecule has 0 spiro atoms. The van der Waals surface area contributed by atoms with Crippen LogP contribution in [0.4, 0.5) is 5.69 Å². The van der Waals surface area contributed by atoms with Gasteiger partial charge in [-0.15, -0.1) is 0 Å². The molecule has 0 aliphatic carbocycles. The number of sulfonamides is 1. The summed E-state index contributed by atoms with van der Waals surface area (Å²) in [5.41, 5.74) is 0.446. The van der Waals surface area contributed by atoms with Crippen molar-refractivity contribution in [1.82, 2.24) is 5.32 Å². The number of hydrogen-bond acceptors (Lipinski definition) is 4. The third-order valence-corrected chi connectivity index (χ3v) is 4.32. The SMILES string of the molecule is COCCCNC(=O)CCN(c1cccc(Cl)c1)S(C)(=O)=O. The van der Waals surface area contributed by atoms with Crippen molar-refractivity contribution >= 4 is 33.2 Å². The first-order chi connectivity index (χ1) is 10.3. The van der Waals surface area contributed by atoms with E-state index in [4.69, 9.17) is 16.3 Å². The molecule has 124 valence electrons. The monoisotopic (exact) mass is 348 g/mol. The molecule has 0 unspecified atom stereocenters. The summed E-state index contributed by atoms with van der Waals surface area (Å²) in [5, 5.41) is 3.16. The Balaban J connectivity index is 2.63. The number of methoxy groups -OCH3 is 1. The highest BCUT2D eigenvalue weighted by Gasteiger charge is 2.18. The predicted molar refractivity (Wildman–Crippen MR) is 87.8 cm³/mol. The minimum atomic E-state index is -3.48. The Hall–Kier alpha value is -1.31. The Labute approximate surface area is 136 Å². The standard InChI is InChI=1S/C14H21ClN2O4S/c1-21-10-4-8-16-14(18)7-9-17(22(2,19)20)13-6-3-5-12(15)11-13/h3,5-6,11H,4,7-10H2,1-2H3,(H,16,18). The van der Waals surface area contributed by atoms with Crippen LogP contribution in [0.25, 0.3) is 0 Å². The molecule has 1 aromatic carbocycles. The number of rotatable bonds is 9. The summed E-state index contributed by atoms with van der Waals surface area (Å²) in [6, 6.07) is 6.53. The molecule has 0 saturated heterocycles. The smallest absolute Gasteiger partial charge is 0.232 e. The fraction of sp³-hybridized carbons (Fsp3) is 0.500. The molecule has 0 radical (unpaired) electrons. The number of anilines is 1. The number of carbonyl (C=O) groups is 1. The summed E-state index contributed by atoms with van der Waals surface area (Å²) in [6.45, 7) is 1.14. The van der Waals surface area contributed by atoms with Gasteiger partial charge in [0.1, 0.15) is 0 Å². The van der Waals surface area contributed by atoms with Crippen LogP contribution in [0.2, 0.25) is 5.02 Å². The van der Waals surface area contributed by atoms with Crippen molar-refractivity contribution in [2.45, 2.75) is 12.8 Å². The minimum Gasteiger partial charge on any atom is -0.385 e. The Morgan fingerprint density at radius 1 is 1.41 bits per heavy atom. The van der Waals surface area contributed by atoms with Crippen LogP contribution >= 0.6 is 11.6 Å². The van der Waals surface area contributed by atoms with Crippen molar-refractivity contribution < 1.29 is 17.9 Å². The molecule has 6 nitrogen and oxygen atoms in total. The lowest BCUT2D eigenvalue weighted by molar-refractivity contribution is -0.120. The van der Waals surface area contributed by atoms with Gasteiger partial charge in [-0.25, -0.2) is 8.42 Å². The van der Waals surface area contributed by atoms with E-state index >= 15 is 0 Å². The van der Waals surface area contributed by atoms with Crippen LogP contribution in [0.15, 0.2) is 24.3 Å². The maximum absolute atomic E-state index is 11.9. The average molecular weight is 349 g/mol. The van der Waals surface area contributed by atoms with Gasteiger partial charge in [-0.3, -0.25) is 9.10 Å². The summed E-state index contributed by atoms with van der Waals surface area (Å²) >= 11 is 5.89. The maximum Gasteiger partial charge on any atom is 0.232 e. The second-order valence-corrected chi connectivity index (χ2v) is 7.10. The molecule has 0 saturated carbocycles. The predicted octanol–water partition coefficient (Wildman–Crippen LogP) is 1.65. The topological polar surface area (TPSA) is 75.7 Å². The first-order valence-electron chi connectivity index (χ1n) is 6.83. The van der Waals surface area contributed by atoms with Gasteiger partial charge in [-0.1, -0.05) is 17.7 Å². The van der Waals surface area contributed by atoms with E-state index in [0.29, 0.717) is 30.3 Å². The van der Waals surface area contributed by atoms with Gasteiger partial charge in [-0.2, -0.15) is 0 Å². The van der Waals surface area contributed by atoms with Gasteiger partial charge in [0.25, 0.3) is 0 Å².